The minimum Gasteiger partial charge on any atom is -0.493 e. The Morgan fingerprint density at radius 1 is 1.29 bits per heavy atom. The van der Waals surface area contributed by atoms with Crippen LogP contribution in [0, 0.1) is 16.0 Å². The van der Waals surface area contributed by atoms with Gasteiger partial charge >= 0.3 is 5.97 Å². The normalized spacial score (nSPS) is 12.0. The van der Waals surface area contributed by atoms with Gasteiger partial charge in [-0.1, -0.05) is 13.8 Å². The first-order valence-electron chi connectivity index (χ1n) is 6.11. The summed E-state index contributed by atoms with van der Waals surface area (Å²) in [7, 11) is 2.79. The van der Waals surface area contributed by atoms with Crippen LogP contribution in [0.1, 0.15) is 13.8 Å². The van der Waals surface area contributed by atoms with Crippen LogP contribution >= 0.6 is 11.8 Å². The minimum atomic E-state index is -1.01. The van der Waals surface area contributed by atoms with Crippen molar-refractivity contribution in [1.29, 1.82) is 0 Å². The van der Waals surface area contributed by atoms with Crippen LogP contribution in [-0.4, -0.2) is 35.5 Å². The van der Waals surface area contributed by atoms with Crippen molar-refractivity contribution in [2.45, 2.75) is 24.0 Å². The first-order chi connectivity index (χ1) is 9.81. The molecule has 21 heavy (non-hydrogen) atoms. The van der Waals surface area contributed by atoms with E-state index in [0.717, 1.165) is 11.8 Å². The molecule has 0 bridgehead atoms. The molecule has 0 amide bonds. The van der Waals surface area contributed by atoms with Gasteiger partial charge in [0.15, 0.2) is 11.5 Å². The van der Waals surface area contributed by atoms with E-state index in [2.05, 4.69) is 0 Å². The zero-order valence-corrected chi connectivity index (χ0v) is 13.0. The Bertz CT molecular complexity index is 546. The molecule has 0 radical (unpaired) electrons. The van der Waals surface area contributed by atoms with Gasteiger partial charge in [0.1, 0.15) is 5.25 Å². The van der Waals surface area contributed by atoms with Crippen LogP contribution in [0.2, 0.25) is 0 Å². The predicted octanol–water partition coefficient (Wildman–Crippen LogP) is 2.81. The number of rotatable bonds is 7. The molecule has 0 aliphatic carbocycles. The Kier molecular flexibility index (Phi) is 5.83. The Balaban J connectivity index is 3.32. The summed E-state index contributed by atoms with van der Waals surface area (Å²) in [6, 6.07) is 2.67. The lowest BCUT2D eigenvalue weighted by Crippen LogP contribution is -2.22. The second kappa shape index (κ2) is 7.16. The number of methoxy groups -OCH3 is 2. The van der Waals surface area contributed by atoms with Crippen LogP contribution in [0.4, 0.5) is 5.69 Å². The van der Waals surface area contributed by atoms with Crippen molar-refractivity contribution >= 4 is 23.4 Å². The molecule has 1 aromatic rings. The smallest absolute Gasteiger partial charge is 0.317 e. The number of aliphatic carboxylic acids is 1. The van der Waals surface area contributed by atoms with Gasteiger partial charge in [0.25, 0.3) is 5.69 Å². The zero-order chi connectivity index (χ0) is 16.2. The molecule has 116 valence electrons. The molecule has 1 N–H and O–H groups in total. The third-order valence-electron chi connectivity index (χ3n) is 2.76. The Morgan fingerprint density at radius 2 is 1.81 bits per heavy atom. The Morgan fingerprint density at radius 3 is 2.19 bits per heavy atom. The van der Waals surface area contributed by atoms with Gasteiger partial charge in [-0.15, -0.1) is 11.8 Å². The van der Waals surface area contributed by atoms with Crippen molar-refractivity contribution < 1.29 is 24.3 Å². The van der Waals surface area contributed by atoms with Crippen molar-refractivity contribution in [3.8, 4) is 11.5 Å². The third kappa shape index (κ3) is 4.01. The van der Waals surface area contributed by atoms with Gasteiger partial charge < -0.3 is 14.6 Å². The lowest BCUT2D eigenvalue weighted by molar-refractivity contribution is -0.387. The van der Waals surface area contributed by atoms with Gasteiger partial charge in [0.2, 0.25) is 0 Å². The summed E-state index contributed by atoms with van der Waals surface area (Å²) < 4.78 is 10.1. The molecule has 1 rings (SSSR count). The monoisotopic (exact) mass is 315 g/mol. The maximum Gasteiger partial charge on any atom is 0.317 e. The molecule has 0 heterocycles. The molecule has 0 saturated carbocycles. The highest BCUT2D eigenvalue weighted by Crippen LogP contribution is 2.42. The summed E-state index contributed by atoms with van der Waals surface area (Å²) >= 11 is 0.932. The SMILES string of the molecule is COc1cc(SC(C(=O)O)C(C)C)c([N+](=O)[O-])cc1OC. The molecule has 0 saturated heterocycles. The molecule has 0 fully saturated rings. The summed E-state index contributed by atoms with van der Waals surface area (Å²) in [6.07, 6.45) is 0. The predicted molar refractivity (Wildman–Crippen MR) is 78.3 cm³/mol. The number of carbonyl (C=O) groups is 1. The summed E-state index contributed by atoms with van der Waals surface area (Å²) in [5.74, 6) is -0.650. The van der Waals surface area contributed by atoms with E-state index >= 15 is 0 Å². The maximum absolute atomic E-state index is 11.3. The number of nitro benzene ring substituents is 1. The highest BCUT2D eigenvalue weighted by molar-refractivity contribution is 8.00. The van der Waals surface area contributed by atoms with Crippen molar-refractivity contribution in [2.24, 2.45) is 5.92 Å². The average Bonchev–Trinajstić information content (AvgIpc) is 2.42. The molecular weight excluding hydrogens is 298 g/mol. The van der Waals surface area contributed by atoms with Crippen molar-refractivity contribution in [3.05, 3.63) is 22.2 Å². The lowest BCUT2D eigenvalue weighted by Gasteiger charge is -2.16. The van der Waals surface area contributed by atoms with Crippen LogP contribution in [0.25, 0.3) is 0 Å². The number of thioether (sulfide) groups is 1. The van der Waals surface area contributed by atoms with Gasteiger partial charge in [-0.3, -0.25) is 14.9 Å². The average molecular weight is 315 g/mol. The van der Waals surface area contributed by atoms with E-state index in [1.807, 2.05) is 0 Å². The highest BCUT2D eigenvalue weighted by atomic mass is 32.2. The largest absolute Gasteiger partial charge is 0.493 e. The lowest BCUT2D eigenvalue weighted by atomic mass is 10.1. The highest BCUT2D eigenvalue weighted by Gasteiger charge is 2.28. The van der Waals surface area contributed by atoms with Gasteiger partial charge in [0, 0.05) is 6.07 Å². The molecule has 7 nitrogen and oxygen atoms in total. The first-order valence-corrected chi connectivity index (χ1v) is 6.99. The van der Waals surface area contributed by atoms with Crippen LogP contribution in [-0.2, 0) is 4.79 Å². The molecule has 1 aromatic carbocycles. The molecule has 8 heteroatoms. The van der Waals surface area contributed by atoms with Gasteiger partial charge in [0.05, 0.1) is 30.1 Å². The van der Waals surface area contributed by atoms with Gasteiger partial charge in [-0.05, 0) is 5.92 Å². The molecule has 1 unspecified atom stereocenters. The van der Waals surface area contributed by atoms with Crippen molar-refractivity contribution in [1.82, 2.24) is 0 Å². The van der Waals surface area contributed by atoms with E-state index in [4.69, 9.17) is 9.47 Å². The third-order valence-corrected chi connectivity index (χ3v) is 4.35. The fourth-order valence-corrected chi connectivity index (χ4v) is 2.77. The summed E-state index contributed by atoms with van der Waals surface area (Å²) in [5, 5.41) is 19.6. The van der Waals surface area contributed by atoms with Crippen LogP contribution in [0.3, 0.4) is 0 Å². The van der Waals surface area contributed by atoms with E-state index in [1.165, 1.54) is 26.4 Å². The number of hydrogen-bond acceptors (Lipinski definition) is 6. The fraction of sp³-hybridized carbons (Fsp3) is 0.462. The number of nitrogens with zero attached hydrogens (tertiary/aromatic N) is 1. The Hall–Kier alpha value is -1.96. The second-order valence-corrected chi connectivity index (χ2v) is 5.74. The van der Waals surface area contributed by atoms with Crippen molar-refractivity contribution in [3.63, 3.8) is 0 Å². The molecular formula is C13H17NO6S. The van der Waals surface area contributed by atoms with E-state index in [1.54, 1.807) is 13.8 Å². The van der Waals surface area contributed by atoms with Crippen LogP contribution in [0.5, 0.6) is 11.5 Å². The number of hydrogen-bond donors (Lipinski definition) is 1. The van der Waals surface area contributed by atoms with E-state index < -0.39 is 16.1 Å². The molecule has 1 atom stereocenters. The van der Waals surface area contributed by atoms with E-state index in [-0.39, 0.29) is 22.3 Å². The van der Waals surface area contributed by atoms with Gasteiger partial charge in [-0.25, -0.2) is 0 Å². The number of benzene rings is 1. The summed E-state index contributed by atoms with van der Waals surface area (Å²) in [6.45, 7) is 3.50. The molecule has 0 aliphatic heterocycles. The second-order valence-electron chi connectivity index (χ2n) is 4.55. The maximum atomic E-state index is 11.3. The number of carboxylic acids is 1. The minimum absolute atomic E-state index is 0.180. The van der Waals surface area contributed by atoms with E-state index in [9.17, 15) is 20.0 Å². The first kappa shape index (κ1) is 17.1. The summed E-state index contributed by atoms with van der Waals surface area (Å²) in [4.78, 5) is 22.1. The van der Waals surface area contributed by atoms with E-state index in [0.29, 0.717) is 5.75 Å². The molecule has 0 aliphatic rings. The number of ether oxygens (including phenoxy) is 2. The fourth-order valence-electron chi connectivity index (χ4n) is 1.70. The number of carboxylic acid groups (broad SMARTS) is 1. The van der Waals surface area contributed by atoms with Crippen LogP contribution in [0.15, 0.2) is 17.0 Å². The summed E-state index contributed by atoms with van der Waals surface area (Å²) in [5.41, 5.74) is -0.204. The molecule has 0 spiro atoms. The van der Waals surface area contributed by atoms with Crippen LogP contribution < -0.4 is 9.47 Å². The molecule has 0 aromatic heterocycles. The standard InChI is InChI=1S/C13H17NO6S/c1-7(2)12(13(15)16)21-11-6-10(20-4)9(19-3)5-8(11)14(17)18/h5-7,12H,1-4H3,(H,15,16). The zero-order valence-electron chi connectivity index (χ0n) is 12.2. The Labute approximate surface area is 126 Å². The van der Waals surface area contributed by atoms with Gasteiger partial charge in [-0.2, -0.15) is 0 Å². The number of nitro groups is 1. The topological polar surface area (TPSA) is 98.9 Å². The van der Waals surface area contributed by atoms with Crippen molar-refractivity contribution in [2.75, 3.05) is 14.2 Å². The quantitative estimate of drug-likeness (QED) is 0.469.